The maximum absolute atomic E-state index is 12.6. The molecule has 0 aromatic heterocycles. The van der Waals surface area contributed by atoms with E-state index in [1.807, 2.05) is 0 Å². The van der Waals surface area contributed by atoms with Gasteiger partial charge in [0.25, 0.3) is 0 Å². The second-order valence-corrected chi connectivity index (χ2v) is 16.0. The van der Waals surface area contributed by atoms with E-state index >= 15 is 0 Å². The molecule has 0 saturated carbocycles. The van der Waals surface area contributed by atoms with E-state index in [1.54, 1.807) is 0 Å². The minimum Gasteiger partial charge on any atom is -0.462 e. The number of carbonyl (C=O) groups excluding carboxylic acids is 3. The highest BCUT2D eigenvalue weighted by Gasteiger charge is 2.19. The first-order chi connectivity index (χ1) is 27.5. The molecule has 0 radical (unpaired) electrons. The van der Waals surface area contributed by atoms with Crippen LogP contribution in [0.1, 0.15) is 245 Å². The van der Waals surface area contributed by atoms with Gasteiger partial charge in [-0.2, -0.15) is 0 Å². The summed E-state index contributed by atoms with van der Waals surface area (Å²) in [7, 11) is 0. The third kappa shape index (κ3) is 42.8. The molecule has 0 heterocycles. The van der Waals surface area contributed by atoms with Gasteiger partial charge in [0.05, 0.1) is 0 Å². The Morgan fingerprint density at radius 1 is 0.357 bits per heavy atom. The van der Waals surface area contributed by atoms with Gasteiger partial charge in [0.2, 0.25) is 0 Å². The molecule has 0 aliphatic rings. The zero-order valence-electron chi connectivity index (χ0n) is 37.2. The molecule has 0 saturated heterocycles. The number of carbonyl (C=O) groups is 3. The van der Waals surface area contributed by atoms with Crippen LogP contribution in [0.5, 0.6) is 0 Å². The topological polar surface area (TPSA) is 78.9 Å². The van der Waals surface area contributed by atoms with Gasteiger partial charge in [0, 0.05) is 19.3 Å². The first-order valence-corrected chi connectivity index (χ1v) is 24.0. The third-order valence-corrected chi connectivity index (χ3v) is 10.4. The molecule has 326 valence electrons. The van der Waals surface area contributed by atoms with E-state index in [0.29, 0.717) is 19.3 Å². The average molecular weight is 787 g/mol. The molecule has 0 aliphatic carbocycles. The maximum atomic E-state index is 12.6. The highest BCUT2D eigenvalue weighted by Crippen LogP contribution is 2.14. The molecule has 6 nitrogen and oxygen atoms in total. The van der Waals surface area contributed by atoms with E-state index in [9.17, 15) is 14.4 Å². The molecule has 0 fully saturated rings. The van der Waals surface area contributed by atoms with Crippen LogP contribution in [0.3, 0.4) is 0 Å². The molecule has 0 aromatic rings. The van der Waals surface area contributed by atoms with Crippen molar-refractivity contribution in [1.29, 1.82) is 0 Å². The van der Waals surface area contributed by atoms with Crippen molar-refractivity contribution in [2.45, 2.75) is 252 Å². The lowest BCUT2D eigenvalue weighted by Crippen LogP contribution is -2.30. The predicted molar refractivity (Wildman–Crippen MR) is 238 cm³/mol. The zero-order chi connectivity index (χ0) is 40.8. The van der Waals surface area contributed by atoms with E-state index in [-0.39, 0.29) is 31.1 Å². The van der Waals surface area contributed by atoms with Crippen LogP contribution < -0.4 is 0 Å². The van der Waals surface area contributed by atoms with Gasteiger partial charge in [0.1, 0.15) is 13.2 Å². The van der Waals surface area contributed by atoms with Crippen molar-refractivity contribution in [3.05, 3.63) is 36.5 Å². The minimum atomic E-state index is -0.763. The first kappa shape index (κ1) is 53.6. The maximum Gasteiger partial charge on any atom is 0.306 e. The van der Waals surface area contributed by atoms with Gasteiger partial charge >= 0.3 is 17.9 Å². The molecule has 0 rings (SSSR count). The van der Waals surface area contributed by atoms with Gasteiger partial charge in [0.15, 0.2) is 6.10 Å². The van der Waals surface area contributed by atoms with Crippen LogP contribution in [0.15, 0.2) is 36.5 Å². The van der Waals surface area contributed by atoms with Crippen LogP contribution in [0.4, 0.5) is 0 Å². The summed E-state index contributed by atoms with van der Waals surface area (Å²) in [6, 6.07) is 0. The lowest BCUT2D eigenvalue weighted by molar-refractivity contribution is -0.167. The Morgan fingerprint density at radius 2 is 0.643 bits per heavy atom. The van der Waals surface area contributed by atoms with Gasteiger partial charge in [-0.1, -0.05) is 205 Å². The molecular weight excluding hydrogens is 697 g/mol. The number of unbranched alkanes of at least 4 members (excludes halogenated alkanes) is 26. The van der Waals surface area contributed by atoms with Gasteiger partial charge in [-0.3, -0.25) is 14.4 Å². The Bertz CT molecular complexity index is 953. The lowest BCUT2D eigenvalue weighted by atomic mass is 10.1. The summed E-state index contributed by atoms with van der Waals surface area (Å²) in [6.45, 7) is 6.52. The SMILES string of the molecule is CCCCCCC/C=C\C/C=C\C/C=C\CCCCCCCCCCCCC(=O)OCC(COC(=O)CCCCCCCC)OC(=O)CCCCCCCCC. The van der Waals surface area contributed by atoms with Gasteiger partial charge in [-0.25, -0.2) is 0 Å². The smallest absolute Gasteiger partial charge is 0.306 e. The summed E-state index contributed by atoms with van der Waals surface area (Å²) >= 11 is 0. The van der Waals surface area contributed by atoms with Gasteiger partial charge in [-0.15, -0.1) is 0 Å². The summed E-state index contributed by atoms with van der Waals surface area (Å²) in [6.07, 6.45) is 51.8. The van der Waals surface area contributed by atoms with E-state index in [1.165, 1.54) is 135 Å². The van der Waals surface area contributed by atoms with Crippen LogP contribution in [0.2, 0.25) is 0 Å². The molecule has 0 bridgehead atoms. The van der Waals surface area contributed by atoms with Crippen LogP contribution in [0, 0.1) is 0 Å². The average Bonchev–Trinajstić information content (AvgIpc) is 3.19. The summed E-state index contributed by atoms with van der Waals surface area (Å²) in [5.41, 5.74) is 0. The van der Waals surface area contributed by atoms with E-state index < -0.39 is 6.10 Å². The molecule has 0 amide bonds. The summed E-state index contributed by atoms with van der Waals surface area (Å²) < 4.78 is 16.6. The molecule has 0 N–H and O–H groups in total. The number of hydrogen-bond acceptors (Lipinski definition) is 6. The van der Waals surface area contributed by atoms with Crippen LogP contribution in [-0.2, 0) is 28.6 Å². The largest absolute Gasteiger partial charge is 0.462 e. The Kier molecular flexibility index (Phi) is 43.4. The van der Waals surface area contributed by atoms with Crippen molar-refractivity contribution in [2.24, 2.45) is 0 Å². The van der Waals surface area contributed by atoms with Crippen LogP contribution >= 0.6 is 0 Å². The second-order valence-electron chi connectivity index (χ2n) is 16.0. The summed E-state index contributed by atoms with van der Waals surface area (Å²) in [5, 5.41) is 0. The number of esters is 3. The molecule has 1 atom stereocenters. The molecule has 0 aliphatic heterocycles. The highest BCUT2D eigenvalue weighted by molar-refractivity contribution is 5.71. The lowest BCUT2D eigenvalue weighted by Gasteiger charge is -2.18. The number of ether oxygens (including phenoxy) is 3. The highest BCUT2D eigenvalue weighted by atomic mass is 16.6. The standard InChI is InChI=1S/C50H90O6/c1-4-7-10-13-16-17-18-19-20-21-22-23-24-25-26-27-28-29-30-31-32-33-35-37-40-43-49(52)55-46-47(45-54-48(51)42-39-36-15-12-9-6-3)56-50(53)44-41-38-34-14-11-8-5-2/h18-19,21-22,24-25,47H,4-17,20,23,26-46H2,1-3H3/b19-18-,22-21-,25-24-. The fourth-order valence-electron chi connectivity index (χ4n) is 6.74. The number of allylic oxidation sites excluding steroid dienone is 6. The predicted octanol–water partition coefficient (Wildman–Crippen LogP) is 15.4. The quantitative estimate of drug-likeness (QED) is 0.0265. The van der Waals surface area contributed by atoms with Crippen molar-refractivity contribution in [2.75, 3.05) is 13.2 Å². The zero-order valence-corrected chi connectivity index (χ0v) is 37.2. The Balaban J connectivity index is 4.01. The van der Waals surface area contributed by atoms with Crippen molar-refractivity contribution < 1.29 is 28.6 Å². The minimum absolute atomic E-state index is 0.0720. The van der Waals surface area contributed by atoms with E-state index in [2.05, 4.69) is 57.2 Å². The number of rotatable bonds is 43. The molecular formula is C50H90O6. The van der Waals surface area contributed by atoms with Crippen molar-refractivity contribution in [1.82, 2.24) is 0 Å². The van der Waals surface area contributed by atoms with Crippen molar-refractivity contribution in [3.63, 3.8) is 0 Å². The van der Waals surface area contributed by atoms with Crippen LogP contribution in [-0.4, -0.2) is 37.2 Å². The van der Waals surface area contributed by atoms with Crippen LogP contribution in [0.25, 0.3) is 0 Å². The normalized spacial score (nSPS) is 12.3. The first-order valence-electron chi connectivity index (χ1n) is 24.0. The Morgan fingerprint density at radius 3 is 1.00 bits per heavy atom. The van der Waals surface area contributed by atoms with E-state index in [0.717, 1.165) is 70.6 Å². The third-order valence-electron chi connectivity index (χ3n) is 10.4. The number of hydrogen-bond donors (Lipinski definition) is 0. The fourth-order valence-corrected chi connectivity index (χ4v) is 6.74. The molecule has 56 heavy (non-hydrogen) atoms. The van der Waals surface area contributed by atoms with Crippen molar-refractivity contribution >= 4 is 17.9 Å². The monoisotopic (exact) mass is 787 g/mol. The summed E-state index contributed by atoms with van der Waals surface area (Å²) in [4.78, 5) is 37.4. The fraction of sp³-hybridized carbons (Fsp3) is 0.820. The molecule has 0 spiro atoms. The molecule has 0 aromatic carbocycles. The Hall–Kier alpha value is -2.37. The van der Waals surface area contributed by atoms with E-state index in [4.69, 9.17) is 14.2 Å². The summed E-state index contributed by atoms with van der Waals surface area (Å²) in [5.74, 6) is -0.890. The van der Waals surface area contributed by atoms with Gasteiger partial charge < -0.3 is 14.2 Å². The molecule has 1 unspecified atom stereocenters. The van der Waals surface area contributed by atoms with Crippen molar-refractivity contribution in [3.8, 4) is 0 Å². The molecule has 6 heteroatoms. The second kappa shape index (κ2) is 45.3. The Labute approximate surface area is 346 Å². The van der Waals surface area contributed by atoms with Gasteiger partial charge in [-0.05, 0) is 57.8 Å².